The van der Waals surface area contributed by atoms with Crippen LogP contribution >= 0.6 is 0 Å². The smallest absolute Gasteiger partial charge is 0.137 e. The molecule has 0 spiro atoms. The zero-order valence-electron chi connectivity index (χ0n) is 14.5. The van der Waals surface area contributed by atoms with Crippen molar-refractivity contribution in [2.45, 2.75) is 0 Å². The maximum absolute atomic E-state index is 6.05. The van der Waals surface area contributed by atoms with Crippen LogP contribution in [-0.2, 0) is 0 Å². The monoisotopic (exact) mass is 331 g/mol. The number of nitrogens with zero attached hydrogens (tertiary/aromatic N) is 2. The number of anilines is 1. The van der Waals surface area contributed by atoms with Gasteiger partial charge in [0.25, 0.3) is 0 Å². The van der Waals surface area contributed by atoms with Gasteiger partial charge in [-0.15, -0.1) is 0 Å². The van der Waals surface area contributed by atoms with Crippen molar-refractivity contribution in [1.82, 2.24) is 9.88 Å². The quantitative estimate of drug-likeness (QED) is 0.579. The number of hydrogen-bond donors (Lipinski definition) is 1. The van der Waals surface area contributed by atoms with Crippen LogP contribution in [0.5, 0.6) is 0 Å². The molecule has 2 heterocycles. The van der Waals surface area contributed by atoms with Gasteiger partial charge in [-0.05, 0) is 43.7 Å². The van der Waals surface area contributed by atoms with Gasteiger partial charge in [0.2, 0.25) is 0 Å². The number of furan rings is 1. The number of aromatic nitrogens is 1. The predicted molar refractivity (Wildman–Crippen MR) is 104 cm³/mol. The van der Waals surface area contributed by atoms with Crippen LogP contribution in [0.15, 0.2) is 65.3 Å². The van der Waals surface area contributed by atoms with E-state index in [1.807, 2.05) is 30.6 Å². The summed E-state index contributed by atoms with van der Waals surface area (Å²) in [5.41, 5.74) is 3.03. The Morgan fingerprint density at radius 2 is 1.88 bits per heavy atom. The van der Waals surface area contributed by atoms with Crippen molar-refractivity contribution in [3.63, 3.8) is 0 Å². The summed E-state index contributed by atoms with van der Waals surface area (Å²) in [6.45, 7) is 1.90. The number of likely N-dealkylation sites (N-methyl/N-ethyl adjacent to an activating group) is 1. The van der Waals surface area contributed by atoms with E-state index in [0.29, 0.717) is 0 Å². The molecule has 0 unspecified atom stereocenters. The van der Waals surface area contributed by atoms with Crippen molar-refractivity contribution in [2.75, 3.05) is 32.5 Å². The lowest BCUT2D eigenvalue weighted by atomic mass is 10.0. The van der Waals surface area contributed by atoms with Gasteiger partial charge in [0.1, 0.15) is 11.3 Å². The lowest BCUT2D eigenvalue weighted by molar-refractivity contribution is 0.425. The fourth-order valence-electron chi connectivity index (χ4n) is 3.01. The highest BCUT2D eigenvalue weighted by molar-refractivity contribution is 5.98. The van der Waals surface area contributed by atoms with Crippen LogP contribution in [0.2, 0.25) is 0 Å². The minimum absolute atomic E-state index is 0.852. The molecule has 4 heteroatoms. The number of nitrogens with one attached hydrogen (secondary N) is 1. The summed E-state index contributed by atoms with van der Waals surface area (Å²) in [5.74, 6) is 0.852. The Bertz CT molecular complexity index is 987. The van der Waals surface area contributed by atoms with E-state index in [2.05, 4.69) is 59.6 Å². The molecule has 0 saturated carbocycles. The van der Waals surface area contributed by atoms with Crippen LogP contribution in [-0.4, -0.2) is 37.1 Å². The van der Waals surface area contributed by atoms with Crippen LogP contribution in [0.1, 0.15) is 0 Å². The van der Waals surface area contributed by atoms with E-state index in [1.165, 1.54) is 0 Å². The summed E-state index contributed by atoms with van der Waals surface area (Å²) in [5, 5.41) is 6.84. The molecule has 2 aromatic carbocycles. The number of benzene rings is 2. The van der Waals surface area contributed by atoms with Gasteiger partial charge in [0.05, 0.1) is 0 Å². The van der Waals surface area contributed by atoms with Crippen molar-refractivity contribution in [1.29, 1.82) is 0 Å². The summed E-state index contributed by atoms with van der Waals surface area (Å²) < 4.78 is 6.05. The van der Waals surface area contributed by atoms with E-state index in [0.717, 1.165) is 51.8 Å². The number of fused-ring (bicyclic) bond motifs is 2. The molecule has 0 aliphatic heterocycles. The average molecular weight is 331 g/mol. The van der Waals surface area contributed by atoms with Gasteiger partial charge in [-0.3, -0.25) is 4.98 Å². The normalized spacial score (nSPS) is 11.5. The zero-order chi connectivity index (χ0) is 17.2. The highest BCUT2D eigenvalue weighted by Crippen LogP contribution is 2.33. The maximum Gasteiger partial charge on any atom is 0.137 e. The summed E-state index contributed by atoms with van der Waals surface area (Å²) >= 11 is 0. The molecule has 0 atom stereocenters. The molecule has 0 fully saturated rings. The molecule has 0 aliphatic carbocycles. The molecule has 25 heavy (non-hydrogen) atoms. The van der Waals surface area contributed by atoms with Crippen LogP contribution in [0.25, 0.3) is 33.1 Å². The third kappa shape index (κ3) is 3.21. The number of hydrogen-bond acceptors (Lipinski definition) is 4. The predicted octanol–water partition coefficient (Wildman–Crippen LogP) is 4.62. The number of para-hydroxylation sites is 1. The third-order valence-electron chi connectivity index (χ3n) is 4.34. The molecule has 0 radical (unpaired) electrons. The Morgan fingerprint density at radius 3 is 2.72 bits per heavy atom. The Kier molecular flexibility index (Phi) is 4.12. The molecular formula is C21H21N3O. The van der Waals surface area contributed by atoms with Crippen molar-refractivity contribution in [3.05, 3.63) is 60.9 Å². The largest absolute Gasteiger partial charge is 0.456 e. The van der Waals surface area contributed by atoms with E-state index in [4.69, 9.17) is 4.42 Å². The first kappa shape index (κ1) is 15.7. The van der Waals surface area contributed by atoms with Gasteiger partial charge < -0.3 is 14.6 Å². The highest BCUT2D eigenvalue weighted by Gasteiger charge is 2.10. The molecule has 0 amide bonds. The van der Waals surface area contributed by atoms with Crippen molar-refractivity contribution >= 4 is 27.4 Å². The molecule has 4 aromatic rings. The van der Waals surface area contributed by atoms with Crippen molar-refractivity contribution in [3.8, 4) is 11.3 Å². The molecule has 0 bridgehead atoms. The SMILES string of the molecule is CN(C)CCNc1ccc2cncc(-c3cc4ccccc4o3)c2c1. The fourth-order valence-corrected chi connectivity index (χ4v) is 3.01. The number of pyridine rings is 1. The Hall–Kier alpha value is -2.85. The topological polar surface area (TPSA) is 41.3 Å². The molecule has 1 N–H and O–H groups in total. The summed E-state index contributed by atoms with van der Waals surface area (Å²) in [6.07, 6.45) is 3.77. The van der Waals surface area contributed by atoms with Gasteiger partial charge in [0, 0.05) is 47.5 Å². The van der Waals surface area contributed by atoms with E-state index >= 15 is 0 Å². The second-order valence-corrected chi connectivity index (χ2v) is 6.50. The molecule has 0 saturated heterocycles. The molecule has 2 aromatic heterocycles. The zero-order valence-corrected chi connectivity index (χ0v) is 14.5. The van der Waals surface area contributed by atoms with Gasteiger partial charge in [-0.1, -0.05) is 24.3 Å². The molecule has 126 valence electrons. The minimum atomic E-state index is 0.852. The Morgan fingerprint density at radius 1 is 1.00 bits per heavy atom. The van der Waals surface area contributed by atoms with Gasteiger partial charge in [0.15, 0.2) is 0 Å². The van der Waals surface area contributed by atoms with Gasteiger partial charge in [-0.2, -0.15) is 0 Å². The first-order valence-electron chi connectivity index (χ1n) is 8.46. The summed E-state index contributed by atoms with van der Waals surface area (Å²) in [6, 6.07) is 16.5. The standard InChI is InChI=1S/C21H21N3O/c1-24(2)10-9-23-17-8-7-16-13-22-14-19(18(16)12-17)21-11-15-5-3-4-6-20(15)25-21/h3-8,11-14,23H,9-10H2,1-2H3. The molecule has 0 aliphatic rings. The second kappa shape index (κ2) is 6.57. The van der Waals surface area contributed by atoms with Crippen LogP contribution in [0.3, 0.4) is 0 Å². The van der Waals surface area contributed by atoms with E-state index in [1.54, 1.807) is 0 Å². The fraction of sp³-hybridized carbons (Fsp3) is 0.190. The Labute approximate surface area is 147 Å². The lowest BCUT2D eigenvalue weighted by Crippen LogP contribution is -2.20. The lowest BCUT2D eigenvalue weighted by Gasteiger charge is -2.12. The summed E-state index contributed by atoms with van der Waals surface area (Å²) in [7, 11) is 4.15. The van der Waals surface area contributed by atoms with E-state index in [9.17, 15) is 0 Å². The third-order valence-corrected chi connectivity index (χ3v) is 4.34. The van der Waals surface area contributed by atoms with Gasteiger partial charge in [-0.25, -0.2) is 0 Å². The average Bonchev–Trinajstić information content (AvgIpc) is 3.04. The Balaban J connectivity index is 1.75. The van der Waals surface area contributed by atoms with Gasteiger partial charge >= 0.3 is 0 Å². The first-order chi connectivity index (χ1) is 12.2. The molecular weight excluding hydrogens is 310 g/mol. The van der Waals surface area contributed by atoms with Crippen LogP contribution in [0.4, 0.5) is 5.69 Å². The van der Waals surface area contributed by atoms with Crippen molar-refractivity contribution in [2.24, 2.45) is 0 Å². The number of rotatable bonds is 5. The molecule has 4 nitrogen and oxygen atoms in total. The van der Waals surface area contributed by atoms with Crippen LogP contribution < -0.4 is 5.32 Å². The molecule has 4 rings (SSSR count). The highest BCUT2D eigenvalue weighted by atomic mass is 16.3. The summed E-state index contributed by atoms with van der Waals surface area (Å²) in [4.78, 5) is 6.55. The van der Waals surface area contributed by atoms with E-state index in [-0.39, 0.29) is 0 Å². The van der Waals surface area contributed by atoms with E-state index < -0.39 is 0 Å². The van der Waals surface area contributed by atoms with Crippen molar-refractivity contribution < 1.29 is 4.42 Å². The minimum Gasteiger partial charge on any atom is -0.456 e. The first-order valence-corrected chi connectivity index (χ1v) is 8.46. The van der Waals surface area contributed by atoms with Crippen LogP contribution in [0, 0.1) is 0 Å². The second-order valence-electron chi connectivity index (χ2n) is 6.50. The maximum atomic E-state index is 6.05.